The van der Waals surface area contributed by atoms with Crippen molar-refractivity contribution in [3.8, 4) is 0 Å². The number of benzene rings is 1. The molecule has 0 amide bonds. The van der Waals surface area contributed by atoms with E-state index in [1.165, 1.54) is 11.1 Å². The van der Waals surface area contributed by atoms with Crippen molar-refractivity contribution in [1.82, 2.24) is 5.32 Å². The van der Waals surface area contributed by atoms with Crippen LogP contribution in [0.1, 0.15) is 30.7 Å². The van der Waals surface area contributed by atoms with E-state index in [1.54, 1.807) is 0 Å². The van der Waals surface area contributed by atoms with Crippen LogP contribution < -0.4 is 5.32 Å². The summed E-state index contributed by atoms with van der Waals surface area (Å²) in [5.74, 6) is 0.977. The lowest BCUT2D eigenvalue weighted by molar-refractivity contribution is 0.485. The van der Waals surface area contributed by atoms with Gasteiger partial charge in [0.2, 0.25) is 0 Å². The number of hydrogen-bond acceptors (Lipinski definition) is 2. The van der Waals surface area contributed by atoms with E-state index < -0.39 is 0 Å². The Bertz CT molecular complexity index is 543. The smallest absolute Gasteiger partial charge is 0.153 e. The van der Waals surface area contributed by atoms with Gasteiger partial charge < -0.3 is 9.73 Å². The molecule has 17 heavy (non-hydrogen) atoms. The summed E-state index contributed by atoms with van der Waals surface area (Å²) in [6.07, 6.45) is 0. The fourth-order valence-corrected chi connectivity index (χ4v) is 2.22. The second-order valence-electron chi connectivity index (χ2n) is 4.75. The number of halogens is 1. The van der Waals surface area contributed by atoms with Crippen LogP contribution >= 0.6 is 11.6 Å². The van der Waals surface area contributed by atoms with Crippen molar-refractivity contribution in [3.05, 3.63) is 34.0 Å². The molecule has 0 spiro atoms. The molecule has 1 heterocycles. The molecule has 92 valence electrons. The topological polar surface area (TPSA) is 25.2 Å². The molecule has 0 atom stereocenters. The maximum Gasteiger partial charge on any atom is 0.153 e. The molecule has 1 aromatic carbocycles. The second-order valence-corrected chi connectivity index (χ2v) is 5.16. The monoisotopic (exact) mass is 251 g/mol. The average Bonchev–Trinajstić information content (AvgIpc) is 2.60. The summed E-state index contributed by atoms with van der Waals surface area (Å²) in [7, 11) is 0. The van der Waals surface area contributed by atoms with Crippen molar-refractivity contribution >= 4 is 22.6 Å². The van der Waals surface area contributed by atoms with E-state index in [-0.39, 0.29) is 0 Å². The maximum atomic E-state index is 6.16. The highest BCUT2D eigenvalue weighted by atomic mass is 35.5. The Labute approximate surface area is 107 Å². The number of fused-ring (bicyclic) bond motifs is 1. The van der Waals surface area contributed by atoms with Crippen LogP contribution in [0.4, 0.5) is 0 Å². The van der Waals surface area contributed by atoms with Crippen LogP contribution in [0.15, 0.2) is 16.5 Å². The normalized spacial score (nSPS) is 11.6. The van der Waals surface area contributed by atoms with Gasteiger partial charge in [0.05, 0.1) is 11.6 Å². The molecule has 2 aromatic rings. The third-order valence-corrected chi connectivity index (χ3v) is 3.30. The minimum absolute atomic E-state index is 0.444. The zero-order chi connectivity index (χ0) is 12.6. The summed E-state index contributed by atoms with van der Waals surface area (Å²) in [6.45, 7) is 9.16. The highest BCUT2D eigenvalue weighted by Gasteiger charge is 2.14. The Morgan fingerprint density at radius 3 is 2.59 bits per heavy atom. The number of aryl methyl sites for hydroxylation is 2. The van der Waals surface area contributed by atoms with E-state index in [0.29, 0.717) is 11.1 Å². The minimum atomic E-state index is 0.444. The van der Waals surface area contributed by atoms with Gasteiger partial charge in [-0.1, -0.05) is 31.5 Å². The molecule has 3 heteroatoms. The van der Waals surface area contributed by atoms with Crippen LogP contribution in [0, 0.1) is 13.8 Å². The summed E-state index contributed by atoms with van der Waals surface area (Å²) < 4.78 is 5.87. The molecule has 0 radical (unpaired) electrons. The maximum absolute atomic E-state index is 6.16. The number of nitrogens with one attached hydrogen (secondary N) is 1. The molecule has 0 saturated carbocycles. The number of hydrogen-bond donors (Lipinski definition) is 1. The van der Waals surface area contributed by atoms with Crippen LogP contribution in [-0.2, 0) is 6.54 Å². The lowest BCUT2D eigenvalue weighted by Crippen LogP contribution is -2.21. The van der Waals surface area contributed by atoms with Crippen LogP contribution in [-0.4, -0.2) is 6.04 Å². The molecule has 0 unspecified atom stereocenters. The highest BCUT2D eigenvalue weighted by molar-refractivity contribution is 6.35. The van der Waals surface area contributed by atoms with Gasteiger partial charge in [-0.05, 0) is 25.5 Å². The van der Waals surface area contributed by atoms with Gasteiger partial charge in [0.1, 0.15) is 5.76 Å². The Kier molecular flexibility index (Phi) is 3.45. The Morgan fingerprint density at radius 1 is 1.29 bits per heavy atom. The SMILES string of the molecule is Cc1ccc(Cl)c2oc(CNC(C)C)c(C)c12. The standard InChI is InChI=1S/C14H18ClNO/c1-8(2)16-7-12-10(4)13-9(3)5-6-11(15)14(13)17-12/h5-6,8,16H,7H2,1-4H3. The Morgan fingerprint density at radius 2 is 2.00 bits per heavy atom. The van der Waals surface area contributed by atoms with Crippen LogP contribution in [0.3, 0.4) is 0 Å². The Hall–Kier alpha value is -0.990. The molecule has 0 saturated heterocycles. The van der Waals surface area contributed by atoms with E-state index in [4.69, 9.17) is 16.0 Å². The van der Waals surface area contributed by atoms with Crippen molar-refractivity contribution < 1.29 is 4.42 Å². The van der Waals surface area contributed by atoms with Crippen molar-refractivity contribution in [2.75, 3.05) is 0 Å². The van der Waals surface area contributed by atoms with E-state index in [1.807, 2.05) is 12.1 Å². The molecular formula is C14H18ClNO. The summed E-state index contributed by atoms with van der Waals surface area (Å²) in [5.41, 5.74) is 3.21. The number of rotatable bonds is 3. The van der Waals surface area contributed by atoms with Gasteiger partial charge in [0, 0.05) is 17.0 Å². The molecule has 0 aliphatic carbocycles. The molecule has 2 rings (SSSR count). The Balaban J connectivity index is 2.49. The molecule has 0 bridgehead atoms. The number of furan rings is 1. The van der Waals surface area contributed by atoms with Crippen molar-refractivity contribution in [1.29, 1.82) is 0 Å². The van der Waals surface area contributed by atoms with Crippen molar-refractivity contribution in [2.45, 2.75) is 40.3 Å². The quantitative estimate of drug-likeness (QED) is 0.884. The van der Waals surface area contributed by atoms with Crippen LogP contribution in [0.5, 0.6) is 0 Å². The largest absolute Gasteiger partial charge is 0.458 e. The molecular weight excluding hydrogens is 234 g/mol. The van der Waals surface area contributed by atoms with Gasteiger partial charge in [-0.3, -0.25) is 0 Å². The molecule has 1 aromatic heterocycles. The zero-order valence-corrected chi connectivity index (χ0v) is 11.5. The third kappa shape index (κ3) is 2.33. The van der Waals surface area contributed by atoms with Gasteiger partial charge in [-0.15, -0.1) is 0 Å². The zero-order valence-electron chi connectivity index (χ0n) is 10.7. The van der Waals surface area contributed by atoms with E-state index in [2.05, 4.69) is 33.0 Å². The van der Waals surface area contributed by atoms with Crippen LogP contribution in [0.2, 0.25) is 5.02 Å². The first-order valence-electron chi connectivity index (χ1n) is 5.91. The van der Waals surface area contributed by atoms with E-state index >= 15 is 0 Å². The molecule has 0 aliphatic rings. The fourth-order valence-electron chi connectivity index (χ4n) is 2.03. The predicted octanol–water partition coefficient (Wildman–Crippen LogP) is 4.20. The molecule has 0 fully saturated rings. The van der Waals surface area contributed by atoms with Gasteiger partial charge in [0.25, 0.3) is 0 Å². The predicted molar refractivity (Wildman–Crippen MR) is 72.7 cm³/mol. The van der Waals surface area contributed by atoms with Crippen LogP contribution in [0.25, 0.3) is 11.0 Å². The summed E-state index contributed by atoms with van der Waals surface area (Å²) in [4.78, 5) is 0. The molecule has 0 aliphatic heterocycles. The molecule has 2 nitrogen and oxygen atoms in total. The summed E-state index contributed by atoms with van der Waals surface area (Å²) in [5, 5.41) is 5.20. The molecule has 1 N–H and O–H groups in total. The lowest BCUT2D eigenvalue weighted by Gasteiger charge is -2.05. The average molecular weight is 252 g/mol. The lowest BCUT2D eigenvalue weighted by atomic mass is 10.1. The van der Waals surface area contributed by atoms with Crippen molar-refractivity contribution in [3.63, 3.8) is 0 Å². The highest BCUT2D eigenvalue weighted by Crippen LogP contribution is 2.33. The third-order valence-electron chi connectivity index (χ3n) is 3.01. The van der Waals surface area contributed by atoms with Crippen molar-refractivity contribution in [2.24, 2.45) is 0 Å². The minimum Gasteiger partial charge on any atom is -0.458 e. The van der Waals surface area contributed by atoms with E-state index in [9.17, 15) is 0 Å². The second kappa shape index (κ2) is 4.71. The van der Waals surface area contributed by atoms with E-state index in [0.717, 1.165) is 23.3 Å². The van der Waals surface area contributed by atoms with Gasteiger partial charge >= 0.3 is 0 Å². The first-order chi connectivity index (χ1) is 8.00. The first kappa shape index (κ1) is 12.5. The van der Waals surface area contributed by atoms with Gasteiger partial charge in [0.15, 0.2) is 5.58 Å². The van der Waals surface area contributed by atoms with Gasteiger partial charge in [-0.2, -0.15) is 0 Å². The van der Waals surface area contributed by atoms with Gasteiger partial charge in [-0.25, -0.2) is 0 Å². The first-order valence-corrected chi connectivity index (χ1v) is 6.29. The summed E-state index contributed by atoms with van der Waals surface area (Å²) >= 11 is 6.16. The summed E-state index contributed by atoms with van der Waals surface area (Å²) in [6, 6.07) is 4.37. The fraction of sp³-hybridized carbons (Fsp3) is 0.429.